The number of methoxy groups -OCH3 is 1. The van der Waals surface area contributed by atoms with Gasteiger partial charge in [-0.3, -0.25) is 4.79 Å². The molecule has 6 heteroatoms. The van der Waals surface area contributed by atoms with Crippen LogP contribution in [-0.4, -0.2) is 30.1 Å². The number of anilines is 1. The van der Waals surface area contributed by atoms with E-state index >= 15 is 0 Å². The van der Waals surface area contributed by atoms with E-state index in [4.69, 9.17) is 5.11 Å². The van der Waals surface area contributed by atoms with Crippen molar-refractivity contribution in [3.8, 4) is 0 Å². The van der Waals surface area contributed by atoms with Gasteiger partial charge in [0.25, 0.3) is 5.91 Å². The third-order valence-electron chi connectivity index (χ3n) is 2.94. The number of hydrogen-bond donors (Lipinski definition) is 2. The molecule has 2 aromatic rings. The van der Waals surface area contributed by atoms with Gasteiger partial charge in [-0.25, -0.2) is 9.59 Å². The van der Waals surface area contributed by atoms with E-state index in [2.05, 4.69) is 10.1 Å². The lowest BCUT2D eigenvalue weighted by Crippen LogP contribution is -2.16. The van der Waals surface area contributed by atoms with E-state index in [1.54, 1.807) is 24.3 Å². The van der Waals surface area contributed by atoms with Gasteiger partial charge < -0.3 is 15.2 Å². The summed E-state index contributed by atoms with van der Waals surface area (Å²) < 4.78 is 4.60. The average molecular weight is 299 g/mol. The third-order valence-corrected chi connectivity index (χ3v) is 2.94. The Bertz CT molecular complexity index is 739. The summed E-state index contributed by atoms with van der Waals surface area (Å²) in [6, 6.07) is 12.1. The summed E-state index contributed by atoms with van der Waals surface area (Å²) in [5.41, 5.74) is 0.600. The van der Waals surface area contributed by atoms with Crippen LogP contribution in [0.3, 0.4) is 0 Å². The monoisotopic (exact) mass is 299 g/mol. The molecule has 0 unspecified atom stereocenters. The van der Waals surface area contributed by atoms with Crippen LogP contribution in [-0.2, 0) is 4.74 Å². The van der Waals surface area contributed by atoms with E-state index in [0.29, 0.717) is 5.69 Å². The number of hydrogen-bond acceptors (Lipinski definition) is 4. The van der Waals surface area contributed by atoms with Gasteiger partial charge in [0.15, 0.2) is 0 Å². The van der Waals surface area contributed by atoms with Crippen molar-refractivity contribution >= 4 is 23.5 Å². The summed E-state index contributed by atoms with van der Waals surface area (Å²) >= 11 is 0. The number of carbonyl (C=O) groups is 3. The second-order valence-corrected chi connectivity index (χ2v) is 4.38. The summed E-state index contributed by atoms with van der Waals surface area (Å²) in [6.45, 7) is 0. The fourth-order valence-electron chi connectivity index (χ4n) is 1.91. The van der Waals surface area contributed by atoms with Crippen LogP contribution in [0.25, 0.3) is 0 Å². The van der Waals surface area contributed by atoms with Crippen LogP contribution in [0.15, 0.2) is 48.5 Å². The van der Waals surface area contributed by atoms with Crippen LogP contribution in [0.1, 0.15) is 31.1 Å². The van der Waals surface area contributed by atoms with Crippen LogP contribution in [0.5, 0.6) is 0 Å². The molecule has 2 aromatic carbocycles. The lowest BCUT2D eigenvalue weighted by atomic mass is 10.1. The van der Waals surface area contributed by atoms with Gasteiger partial charge in [-0.1, -0.05) is 18.2 Å². The number of nitrogens with one attached hydrogen (secondary N) is 1. The number of carbonyl (C=O) groups excluding carboxylic acids is 2. The summed E-state index contributed by atoms with van der Waals surface area (Å²) in [5, 5.41) is 11.7. The number of carboxylic acids is 1. The lowest BCUT2D eigenvalue weighted by Gasteiger charge is -2.08. The highest BCUT2D eigenvalue weighted by Gasteiger charge is 2.16. The Labute approximate surface area is 126 Å². The molecule has 0 aromatic heterocycles. The Kier molecular flexibility index (Phi) is 4.53. The van der Waals surface area contributed by atoms with E-state index in [-0.39, 0.29) is 16.7 Å². The standard InChI is InChI=1S/C16H13NO5/c1-22-16(21)10-5-4-6-11(9-10)17-14(18)12-7-2-3-8-13(12)15(19)20/h2-9H,1H3,(H,17,18)(H,19,20). The third kappa shape index (κ3) is 3.29. The molecule has 0 saturated heterocycles. The largest absolute Gasteiger partial charge is 0.478 e. The van der Waals surface area contributed by atoms with Crippen molar-refractivity contribution in [2.24, 2.45) is 0 Å². The van der Waals surface area contributed by atoms with Crippen LogP contribution < -0.4 is 5.32 Å². The Balaban J connectivity index is 2.26. The molecule has 0 atom stereocenters. The first-order chi connectivity index (χ1) is 10.5. The zero-order valence-electron chi connectivity index (χ0n) is 11.7. The maximum absolute atomic E-state index is 12.2. The SMILES string of the molecule is COC(=O)c1cccc(NC(=O)c2ccccc2C(=O)O)c1. The topological polar surface area (TPSA) is 92.7 Å². The van der Waals surface area contributed by atoms with Crippen molar-refractivity contribution in [1.82, 2.24) is 0 Å². The lowest BCUT2D eigenvalue weighted by molar-refractivity contribution is 0.0599. The van der Waals surface area contributed by atoms with Gasteiger partial charge in [0.1, 0.15) is 0 Å². The van der Waals surface area contributed by atoms with Gasteiger partial charge in [0.2, 0.25) is 0 Å². The van der Waals surface area contributed by atoms with E-state index in [1.165, 1.54) is 31.4 Å². The minimum Gasteiger partial charge on any atom is -0.478 e. The normalized spacial score (nSPS) is 9.86. The van der Waals surface area contributed by atoms with Crippen LogP contribution in [0.4, 0.5) is 5.69 Å². The maximum Gasteiger partial charge on any atom is 0.337 e. The van der Waals surface area contributed by atoms with Crippen molar-refractivity contribution in [2.75, 3.05) is 12.4 Å². The van der Waals surface area contributed by atoms with Gasteiger partial charge in [-0.05, 0) is 30.3 Å². The summed E-state index contributed by atoms with van der Waals surface area (Å²) in [7, 11) is 1.26. The minimum atomic E-state index is -1.19. The first-order valence-corrected chi connectivity index (χ1v) is 6.35. The van der Waals surface area contributed by atoms with Crippen molar-refractivity contribution in [3.05, 3.63) is 65.2 Å². The van der Waals surface area contributed by atoms with Crippen molar-refractivity contribution in [2.45, 2.75) is 0 Å². The summed E-state index contributed by atoms with van der Waals surface area (Å²) in [5.74, 6) is -2.28. The molecule has 0 bridgehead atoms. The maximum atomic E-state index is 12.2. The molecular formula is C16H13NO5. The molecule has 112 valence electrons. The highest BCUT2D eigenvalue weighted by molar-refractivity contribution is 6.10. The van der Waals surface area contributed by atoms with Crippen LogP contribution in [0, 0.1) is 0 Å². The van der Waals surface area contributed by atoms with Crippen molar-refractivity contribution in [3.63, 3.8) is 0 Å². The number of carboxylic acid groups (broad SMARTS) is 1. The van der Waals surface area contributed by atoms with E-state index < -0.39 is 17.8 Å². The molecule has 0 aliphatic carbocycles. The fourth-order valence-corrected chi connectivity index (χ4v) is 1.91. The summed E-state index contributed by atoms with van der Waals surface area (Å²) in [6.07, 6.45) is 0. The van der Waals surface area contributed by atoms with E-state index in [0.717, 1.165) is 0 Å². The molecule has 0 spiro atoms. The molecule has 0 saturated carbocycles. The zero-order chi connectivity index (χ0) is 16.1. The molecule has 2 rings (SSSR count). The zero-order valence-corrected chi connectivity index (χ0v) is 11.7. The number of rotatable bonds is 4. The number of aromatic carboxylic acids is 1. The highest BCUT2D eigenvalue weighted by atomic mass is 16.5. The molecule has 1 amide bonds. The number of benzene rings is 2. The second-order valence-electron chi connectivity index (χ2n) is 4.38. The Morgan fingerprint density at radius 1 is 1.00 bits per heavy atom. The van der Waals surface area contributed by atoms with Gasteiger partial charge >= 0.3 is 11.9 Å². The summed E-state index contributed by atoms with van der Waals surface area (Å²) in [4.78, 5) is 34.8. The fraction of sp³-hybridized carbons (Fsp3) is 0.0625. The number of amides is 1. The second kappa shape index (κ2) is 6.53. The first kappa shape index (κ1) is 15.2. The van der Waals surface area contributed by atoms with Crippen LogP contribution >= 0.6 is 0 Å². The number of ether oxygens (including phenoxy) is 1. The first-order valence-electron chi connectivity index (χ1n) is 6.35. The Hall–Kier alpha value is -3.15. The van der Waals surface area contributed by atoms with Gasteiger partial charge in [0, 0.05) is 5.69 Å². The number of esters is 1. The van der Waals surface area contributed by atoms with Gasteiger partial charge in [-0.15, -0.1) is 0 Å². The highest BCUT2D eigenvalue weighted by Crippen LogP contribution is 2.15. The average Bonchev–Trinajstić information content (AvgIpc) is 2.54. The molecule has 22 heavy (non-hydrogen) atoms. The van der Waals surface area contributed by atoms with E-state index in [9.17, 15) is 14.4 Å². The predicted octanol–water partition coefficient (Wildman–Crippen LogP) is 2.42. The molecule has 2 N–H and O–H groups in total. The molecular weight excluding hydrogens is 286 g/mol. The van der Waals surface area contributed by atoms with Crippen molar-refractivity contribution in [1.29, 1.82) is 0 Å². The minimum absolute atomic E-state index is 0.0403. The molecule has 6 nitrogen and oxygen atoms in total. The quantitative estimate of drug-likeness (QED) is 0.846. The predicted molar refractivity (Wildman–Crippen MR) is 79.1 cm³/mol. The molecule has 0 fully saturated rings. The van der Waals surface area contributed by atoms with Gasteiger partial charge in [0.05, 0.1) is 23.8 Å². The molecule has 0 aliphatic rings. The molecule has 0 aliphatic heterocycles. The smallest absolute Gasteiger partial charge is 0.337 e. The Morgan fingerprint density at radius 3 is 2.32 bits per heavy atom. The van der Waals surface area contributed by atoms with Crippen molar-refractivity contribution < 1.29 is 24.2 Å². The molecule has 0 heterocycles. The van der Waals surface area contributed by atoms with E-state index in [1.807, 2.05) is 0 Å². The van der Waals surface area contributed by atoms with Crippen LogP contribution in [0.2, 0.25) is 0 Å². The molecule has 0 radical (unpaired) electrons. The van der Waals surface area contributed by atoms with Gasteiger partial charge in [-0.2, -0.15) is 0 Å². The Morgan fingerprint density at radius 2 is 1.68 bits per heavy atom.